The average Bonchev–Trinajstić information content (AvgIpc) is 2.72. The molecule has 0 aromatic heterocycles. The van der Waals surface area contributed by atoms with Crippen LogP contribution < -0.4 is 9.47 Å². The zero-order valence-corrected chi connectivity index (χ0v) is 17.8. The van der Waals surface area contributed by atoms with Crippen molar-refractivity contribution in [1.29, 1.82) is 0 Å². The van der Waals surface area contributed by atoms with Crippen molar-refractivity contribution in [3.05, 3.63) is 23.3 Å². The zero-order valence-electron chi connectivity index (χ0n) is 17.8. The van der Waals surface area contributed by atoms with Gasteiger partial charge in [-0.2, -0.15) is 0 Å². The Hall–Kier alpha value is -1.84. The van der Waals surface area contributed by atoms with Crippen LogP contribution in [-0.2, 0) is 0 Å². The van der Waals surface area contributed by atoms with E-state index in [1.807, 2.05) is 0 Å². The van der Waals surface area contributed by atoms with Gasteiger partial charge in [0.25, 0.3) is 0 Å². The third-order valence-corrected chi connectivity index (χ3v) is 4.92. The smallest absolute Gasteiger partial charge is 0.172 e. The standard InChI is InChI=1S/C24H38O4/c1-3-5-7-9-11-13-17-27-23-21(19-25)15-16-22(20-26)24(23)28-18-14-12-10-8-6-4-2/h15-16,19-20H,3-14,17-18H2,1-2H3. The van der Waals surface area contributed by atoms with Crippen molar-refractivity contribution in [2.24, 2.45) is 0 Å². The van der Waals surface area contributed by atoms with Crippen LogP contribution >= 0.6 is 0 Å². The Morgan fingerprint density at radius 2 is 0.964 bits per heavy atom. The molecule has 0 radical (unpaired) electrons. The van der Waals surface area contributed by atoms with Gasteiger partial charge in [-0.05, 0) is 25.0 Å². The summed E-state index contributed by atoms with van der Waals surface area (Å²) in [6.07, 6.45) is 15.5. The minimum atomic E-state index is 0.416. The maximum absolute atomic E-state index is 11.4. The summed E-state index contributed by atoms with van der Waals surface area (Å²) in [5, 5.41) is 0. The molecular formula is C24H38O4. The van der Waals surface area contributed by atoms with Crippen LogP contribution in [0.5, 0.6) is 11.5 Å². The minimum Gasteiger partial charge on any atom is -0.489 e. The van der Waals surface area contributed by atoms with Gasteiger partial charge in [-0.1, -0.05) is 78.1 Å². The Morgan fingerprint density at radius 1 is 0.607 bits per heavy atom. The predicted octanol–water partition coefficient (Wildman–Crippen LogP) is 6.79. The molecule has 0 bridgehead atoms. The number of hydrogen-bond donors (Lipinski definition) is 0. The number of benzene rings is 1. The number of ether oxygens (including phenoxy) is 2. The second-order valence-electron chi connectivity index (χ2n) is 7.37. The number of hydrogen-bond acceptors (Lipinski definition) is 4. The summed E-state index contributed by atoms with van der Waals surface area (Å²) in [6.45, 7) is 5.47. The molecule has 0 spiro atoms. The van der Waals surface area contributed by atoms with Crippen LogP contribution in [-0.4, -0.2) is 25.8 Å². The summed E-state index contributed by atoms with van der Waals surface area (Å²) in [5.74, 6) is 0.832. The van der Waals surface area contributed by atoms with E-state index in [-0.39, 0.29) is 0 Å². The summed E-state index contributed by atoms with van der Waals surface area (Å²) in [7, 11) is 0. The molecule has 1 rings (SSSR count). The molecule has 4 heteroatoms. The topological polar surface area (TPSA) is 52.6 Å². The monoisotopic (exact) mass is 390 g/mol. The van der Waals surface area contributed by atoms with Crippen molar-refractivity contribution < 1.29 is 19.1 Å². The first-order valence-electron chi connectivity index (χ1n) is 11.1. The van der Waals surface area contributed by atoms with E-state index in [1.54, 1.807) is 12.1 Å². The van der Waals surface area contributed by atoms with Crippen molar-refractivity contribution in [3.8, 4) is 11.5 Å². The molecule has 0 atom stereocenters. The van der Waals surface area contributed by atoms with E-state index in [0.717, 1.165) is 38.3 Å². The number of rotatable bonds is 18. The highest BCUT2D eigenvalue weighted by molar-refractivity contribution is 5.88. The molecule has 0 unspecified atom stereocenters. The maximum atomic E-state index is 11.4. The van der Waals surface area contributed by atoms with Gasteiger partial charge in [-0.25, -0.2) is 0 Å². The van der Waals surface area contributed by atoms with E-state index in [1.165, 1.54) is 51.4 Å². The lowest BCUT2D eigenvalue weighted by Crippen LogP contribution is -2.07. The van der Waals surface area contributed by atoms with Gasteiger partial charge in [-0.3, -0.25) is 9.59 Å². The maximum Gasteiger partial charge on any atom is 0.172 e. The molecule has 0 N–H and O–H groups in total. The van der Waals surface area contributed by atoms with Gasteiger partial charge in [0.05, 0.1) is 24.3 Å². The molecule has 28 heavy (non-hydrogen) atoms. The van der Waals surface area contributed by atoms with Crippen LogP contribution in [0, 0.1) is 0 Å². The highest BCUT2D eigenvalue weighted by Crippen LogP contribution is 2.34. The molecular weight excluding hydrogens is 352 g/mol. The molecule has 158 valence electrons. The molecule has 0 aliphatic rings. The van der Waals surface area contributed by atoms with Crippen LogP contribution in [0.2, 0.25) is 0 Å². The Kier molecular flexibility index (Phi) is 14.0. The molecule has 0 aliphatic heterocycles. The predicted molar refractivity (Wildman–Crippen MR) is 115 cm³/mol. The normalized spacial score (nSPS) is 10.6. The molecule has 1 aromatic carbocycles. The highest BCUT2D eigenvalue weighted by atomic mass is 16.5. The number of unbranched alkanes of at least 4 members (excludes halogenated alkanes) is 10. The number of aldehydes is 2. The molecule has 0 saturated carbocycles. The average molecular weight is 391 g/mol. The Morgan fingerprint density at radius 3 is 1.32 bits per heavy atom. The van der Waals surface area contributed by atoms with Gasteiger partial charge in [0.1, 0.15) is 0 Å². The van der Waals surface area contributed by atoms with Gasteiger partial charge in [0.2, 0.25) is 0 Å². The van der Waals surface area contributed by atoms with Crippen molar-refractivity contribution in [1.82, 2.24) is 0 Å². The second kappa shape index (κ2) is 16.1. The van der Waals surface area contributed by atoms with E-state index in [0.29, 0.717) is 35.8 Å². The van der Waals surface area contributed by atoms with Crippen LogP contribution in [0.4, 0.5) is 0 Å². The van der Waals surface area contributed by atoms with Crippen molar-refractivity contribution >= 4 is 12.6 Å². The van der Waals surface area contributed by atoms with E-state index < -0.39 is 0 Å². The van der Waals surface area contributed by atoms with E-state index in [2.05, 4.69) is 13.8 Å². The number of carbonyl (C=O) groups excluding carboxylic acids is 2. The molecule has 0 fully saturated rings. The number of carbonyl (C=O) groups is 2. The first-order chi connectivity index (χ1) is 13.8. The first-order valence-corrected chi connectivity index (χ1v) is 11.1. The SMILES string of the molecule is CCCCCCCCOc1c(C=O)ccc(C=O)c1OCCCCCCCC. The fourth-order valence-electron chi connectivity index (χ4n) is 3.19. The Labute approximate surface area is 171 Å². The van der Waals surface area contributed by atoms with Gasteiger partial charge in [0, 0.05) is 0 Å². The molecule has 0 heterocycles. The van der Waals surface area contributed by atoms with Crippen LogP contribution in [0.3, 0.4) is 0 Å². The summed E-state index contributed by atoms with van der Waals surface area (Å²) < 4.78 is 11.8. The van der Waals surface area contributed by atoms with E-state index in [4.69, 9.17) is 9.47 Å². The quantitative estimate of drug-likeness (QED) is 0.204. The van der Waals surface area contributed by atoms with E-state index >= 15 is 0 Å². The molecule has 4 nitrogen and oxygen atoms in total. The molecule has 0 amide bonds. The third-order valence-electron chi connectivity index (χ3n) is 4.92. The van der Waals surface area contributed by atoms with Crippen LogP contribution in [0.25, 0.3) is 0 Å². The van der Waals surface area contributed by atoms with Gasteiger partial charge in [0.15, 0.2) is 24.1 Å². The highest BCUT2D eigenvalue weighted by Gasteiger charge is 2.16. The van der Waals surface area contributed by atoms with Crippen molar-refractivity contribution in [3.63, 3.8) is 0 Å². The third kappa shape index (κ3) is 9.38. The van der Waals surface area contributed by atoms with E-state index in [9.17, 15) is 9.59 Å². The van der Waals surface area contributed by atoms with Gasteiger partial charge >= 0.3 is 0 Å². The van der Waals surface area contributed by atoms with Gasteiger partial charge < -0.3 is 9.47 Å². The van der Waals surface area contributed by atoms with Crippen molar-refractivity contribution in [2.75, 3.05) is 13.2 Å². The Balaban J connectivity index is 2.59. The lowest BCUT2D eigenvalue weighted by atomic mass is 10.1. The fraction of sp³-hybridized carbons (Fsp3) is 0.667. The second-order valence-corrected chi connectivity index (χ2v) is 7.37. The minimum absolute atomic E-state index is 0.416. The Bertz CT molecular complexity index is 505. The van der Waals surface area contributed by atoms with Crippen molar-refractivity contribution in [2.45, 2.75) is 90.9 Å². The molecule has 0 saturated heterocycles. The van der Waals surface area contributed by atoms with Gasteiger partial charge in [-0.15, -0.1) is 0 Å². The zero-order chi connectivity index (χ0) is 20.5. The van der Waals surface area contributed by atoms with Crippen LogP contribution in [0.1, 0.15) is 112 Å². The fourth-order valence-corrected chi connectivity index (χ4v) is 3.19. The van der Waals surface area contributed by atoms with Crippen LogP contribution in [0.15, 0.2) is 12.1 Å². The molecule has 1 aromatic rings. The first kappa shape index (κ1) is 24.2. The lowest BCUT2D eigenvalue weighted by Gasteiger charge is -2.16. The summed E-state index contributed by atoms with van der Waals surface area (Å²) in [6, 6.07) is 3.26. The summed E-state index contributed by atoms with van der Waals surface area (Å²) in [4.78, 5) is 22.9. The molecule has 0 aliphatic carbocycles. The largest absolute Gasteiger partial charge is 0.489 e. The summed E-state index contributed by atoms with van der Waals surface area (Å²) in [5.41, 5.74) is 0.879. The summed E-state index contributed by atoms with van der Waals surface area (Å²) >= 11 is 0. The lowest BCUT2D eigenvalue weighted by molar-refractivity contribution is 0.110.